The van der Waals surface area contributed by atoms with Gasteiger partial charge in [0.25, 0.3) is 0 Å². The molecule has 0 aliphatic carbocycles. The number of benzene rings is 2. The Kier molecular flexibility index (Phi) is 9.18. The smallest absolute Gasteiger partial charge is 0.352 e. The lowest BCUT2D eigenvalue weighted by atomic mass is 10.1. The number of halogens is 4. The van der Waals surface area contributed by atoms with Gasteiger partial charge in [0.2, 0.25) is 21.8 Å². The zero-order valence-electron chi connectivity index (χ0n) is 19.6. The molecule has 1 atom stereocenters. The molecule has 0 aliphatic heterocycles. The SMILES string of the molecule is CC(C)NC(=O)C(C)N(Cc1ccccc1Cl)C(=O)CN(c1cccc(C(F)(F)F)c1)S(C)(=O)=O. The van der Waals surface area contributed by atoms with Crippen LogP contribution in [0.1, 0.15) is 31.9 Å². The third kappa shape index (κ3) is 7.86. The molecule has 0 heterocycles. The normalized spacial score (nSPS) is 12.8. The molecule has 0 bridgehead atoms. The van der Waals surface area contributed by atoms with Gasteiger partial charge in [-0.2, -0.15) is 13.2 Å². The molecule has 2 rings (SSSR count). The second-order valence-corrected chi connectivity index (χ2v) is 10.6. The lowest BCUT2D eigenvalue weighted by Crippen LogP contribution is -2.52. The number of carbonyl (C=O) groups is 2. The Hall–Kier alpha value is -2.79. The first-order valence-electron chi connectivity index (χ1n) is 10.6. The summed E-state index contributed by atoms with van der Waals surface area (Å²) in [6.45, 7) is 4.02. The monoisotopic (exact) mass is 533 g/mol. The van der Waals surface area contributed by atoms with E-state index in [9.17, 15) is 31.2 Å². The summed E-state index contributed by atoms with van der Waals surface area (Å²) < 4.78 is 65.1. The zero-order chi connectivity index (χ0) is 26.6. The van der Waals surface area contributed by atoms with Gasteiger partial charge < -0.3 is 10.2 Å². The van der Waals surface area contributed by atoms with Crippen LogP contribution >= 0.6 is 11.6 Å². The summed E-state index contributed by atoms with van der Waals surface area (Å²) in [6.07, 6.45) is -3.92. The minimum Gasteiger partial charge on any atom is -0.352 e. The molecule has 1 N–H and O–H groups in total. The molecule has 0 saturated heterocycles. The van der Waals surface area contributed by atoms with Crippen molar-refractivity contribution in [1.29, 1.82) is 0 Å². The standard InChI is InChI=1S/C23H27ClF3N3O4S/c1-15(2)28-22(32)16(3)29(13-17-8-5-6-11-20(17)24)21(31)14-30(35(4,33)34)19-10-7-9-18(12-19)23(25,26)27/h5-12,15-16H,13-14H2,1-4H3,(H,28,32). The minimum absolute atomic E-state index is 0.120. The number of rotatable bonds is 9. The van der Waals surface area contributed by atoms with Crippen LogP contribution in [0.4, 0.5) is 18.9 Å². The Labute approximate surface area is 207 Å². The van der Waals surface area contributed by atoms with Gasteiger partial charge in [-0.1, -0.05) is 35.9 Å². The highest BCUT2D eigenvalue weighted by Crippen LogP contribution is 2.32. The number of anilines is 1. The number of nitrogens with one attached hydrogen (secondary N) is 1. The highest BCUT2D eigenvalue weighted by molar-refractivity contribution is 7.92. The molecule has 2 amide bonds. The summed E-state index contributed by atoms with van der Waals surface area (Å²) in [5.74, 6) is -1.27. The Balaban J connectivity index is 2.46. The number of carbonyl (C=O) groups excluding carboxylic acids is 2. The zero-order valence-corrected chi connectivity index (χ0v) is 21.2. The summed E-state index contributed by atoms with van der Waals surface area (Å²) in [6, 6.07) is 9.05. The molecule has 2 aromatic rings. The summed E-state index contributed by atoms with van der Waals surface area (Å²) in [4.78, 5) is 27.2. The maximum Gasteiger partial charge on any atom is 0.416 e. The molecule has 1 unspecified atom stereocenters. The van der Waals surface area contributed by atoms with Gasteiger partial charge in [-0.3, -0.25) is 13.9 Å². The van der Waals surface area contributed by atoms with Gasteiger partial charge in [0.05, 0.1) is 17.5 Å². The summed E-state index contributed by atoms with van der Waals surface area (Å²) in [5, 5.41) is 3.03. The van der Waals surface area contributed by atoms with E-state index in [2.05, 4.69) is 5.32 Å². The van der Waals surface area contributed by atoms with Gasteiger partial charge >= 0.3 is 6.18 Å². The lowest BCUT2D eigenvalue weighted by molar-refractivity contribution is -0.139. The topological polar surface area (TPSA) is 86.8 Å². The second kappa shape index (κ2) is 11.3. The number of amides is 2. The lowest BCUT2D eigenvalue weighted by Gasteiger charge is -2.32. The maximum absolute atomic E-state index is 13.4. The number of nitrogens with zero attached hydrogens (tertiary/aromatic N) is 2. The van der Waals surface area contributed by atoms with Crippen LogP contribution in [0.15, 0.2) is 48.5 Å². The van der Waals surface area contributed by atoms with Crippen LogP contribution in [0.5, 0.6) is 0 Å². The van der Waals surface area contributed by atoms with Gasteiger partial charge in [0, 0.05) is 17.6 Å². The average Bonchev–Trinajstić information content (AvgIpc) is 2.74. The fourth-order valence-corrected chi connectivity index (χ4v) is 4.29. The van der Waals surface area contributed by atoms with Crippen molar-refractivity contribution in [3.63, 3.8) is 0 Å². The van der Waals surface area contributed by atoms with Crippen molar-refractivity contribution in [3.05, 3.63) is 64.7 Å². The third-order valence-electron chi connectivity index (χ3n) is 5.04. The quantitative estimate of drug-likeness (QED) is 0.526. The number of hydrogen-bond donors (Lipinski definition) is 1. The molecule has 0 radical (unpaired) electrons. The molecule has 35 heavy (non-hydrogen) atoms. The molecule has 12 heteroatoms. The van der Waals surface area contributed by atoms with Crippen molar-refractivity contribution in [2.45, 2.75) is 45.6 Å². The number of hydrogen-bond acceptors (Lipinski definition) is 4. The van der Waals surface area contributed by atoms with Crippen LogP contribution in [0.3, 0.4) is 0 Å². The molecular weight excluding hydrogens is 507 g/mol. The van der Waals surface area contributed by atoms with E-state index in [1.54, 1.807) is 38.1 Å². The fraction of sp³-hybridized carbons (Fsp3) is 0.391. The molecule has 192 valence electrons. The van der Waals surface area contributed by atoms with Crippen LogP contribution in [0.2, 0.25) is 5.02 Å². The summed E-state index contributed by atoms with van der Waals surface area (Å²) in [5.41, 5.74) is -0.877. The Morgan fingerprint density at radius 1 is 1.06 bits per heavy atom. The van der Waals surface area contributed by atoms with Gasteiger partial charge in [0.15, 0.2) is 0 Å². The molecule has 0 aromatic heterocycles. The van der Waals surface area contributed by atoms with Gasteiger partial charge in [0.1, 0.15) is 12.6 Å². The van der Waals surface area contributed by atoms with E-state index in [1.807, 2.05) is 0 Å². The van der Waals surface area contributed by atoms with Gasteiger partial charge in [-0.25, -0.2) is 8.42 Å². The maximum atomic E-state index is 13.4. The molecular formula is C23H27ClF3N3O4S. The van der Waals surface area contributed by atoms with Crippen LogP contribution in [0.25, 0.3) is 0 Å². The van der Waals surface area contributed by atoms with Crippen molar-refractivity contribution in [2.75, 3.05) is 17.1 Å². The second-order valence-electron chi connectivity index (χ2n) is 8.27. The largest absolute Gasteiger partial charge is 0.416 e. The predicted molar refractivity (Wildman–Crippen MR) is 128 cm³/mol. The minimum atomic E-state index is -4.71. The number of sulfonamides is 1. The average molecular weight is 534 g/mol. The molecule has 0 aliphatic rings. The highest BCUT2D eigenvalue weighted by Gasteiger charge is 2.33. The molecule has 0 fully saturated rings. The Bertz CT molecular complexity index is 1170. The highest BCUT2D eigenvalue weighted by atomic mass is 35.5. The van der Waals surface area contributed by atoms with E-state index in [4.69, 9.17) is 11.6 Å². The van der Waals surface area contributed by atoms with Crippen LogP contribution in [-0.2, 0) is 32.3 Å². The van der Waals surface area contributed by atoms with E-state index >= 15 is 0 Å². The third-order valence-corrected chi connectivity index (χ3v) is 6.55. The van der Waals surface area contributed by atoms with Crippen molar-refractivity contribution in [2.24, 2.45) is 0 Å². The van der Waals surface area contributed by atoms with Crippen molar-refractivity contribution >= 4 is 39.1 Å². The van der Waals surface area contributed by atoms with E-state index in [1.165, 1.54) is 6.92 Å². The van der Waals surface area contributed by atoms with E-state index in [0.717, 1.165) is 29.4 Å². The van der Waals surface area contributed by atoms with Crippen LogP contribution < -0.4 is 9.62 Å². The van der Waals surface area contributed by atoms with Crippen molar-refractivity contribution in [1.82, 2.24) is 10.2 Å². The van der Waals surface area contributed by atoms with Crippen molar-refractivity contribution < 1.29 is 31.2 Å². The first-order valence-corrected chi connectivity index (χ1v) is 12.8. The predicted octanol–water partition coefficient (Wildman–Crippen LogP) is 4.07. The summed E-state index contributed by atoms with van der Waals surface area (Å²) >= 11 is 6.22. The van der Waals surface area contributed by atoms with E-state index < -0.39 is 46.2 Å². The van der Waals surface area contributed by atoms with Gasteiger partial charge in [-0.05, 0) is 50.6 Å². The first-order chi connectivity index (χ1) is 16.1. The molecule has 7 nitrogen and oxygen atoms in total. The van der Waals surface area contributed by atoms with E-state index in [-0.39, 0.29) is 18.3 Å². The molecule has 2 aromatic carbocycles. The number of alkyl halides is 3. The summed E-state index contributed by atoms with van der Waals surface area (Å²) in [7, 11) is -4.16. The fourth-order valence-electron chi connectivity index (χ4n) is 3.25. The van der Waals surface area contributed by atoms with Crippen LogP contribution in [0, 0.1) is 0 Å². The first kappa shape index (κ1) is 28.4. The Morgan fingerprint density at radius 3 is 2.23 bits per heavy atom. The van der Waals surface area contributed by atoms with E-state index in [0.29, 0.717) is 21.0 Å². The van der Waals surface area contributed by atoms with Crippen LogP contribution in [-0.4, -0.2) is 50.0 Å². The Morgan fingerprint density at radius 2 is 1.69 bits per heavy atom. The van der Waals surface area contributed by atoms with Gasteiger partial charge in [-0.15, -0.1) is 0 Å². The molecule has 0 spiro atoms. The van der Waals surface area contributed by atoms with Crippen molar-refractivity contribution in [3.8, 4) is 0 Å². The molecule has 0 saturated carbocycles.